The summed E-state index contributed by atoms with van der Waals surface area (Å²) in [6.07, 6.45) is 3.53. The second-order valence-electron chi connectivity index (χ2n) is 4.85. The second kappa shape index (κ2) is 5.66. The Morgan fingerprint density at radius 2 is 1.63 bits per heavy atom. The van der Waals surface area contributed by atoms with E-state index < -0.39 is 0 Å². The van der Waals surface area contributed by atoms with Crippen LogP contribution in [0.1, 0.15) is 32.6 Å². The molecule has 0 radical (unpaired) electrons. The summed E-state index contributed by atoms with van der Waals surface area (Å²) >= 11 is 0. The van der Waals surface area contributed by atoms with Crippen LogP contribution in [0.25, 0.3) is 6.08 Å². The molecule has 0 unspecified atom stereocenters. The first kappa shape index (κ1) is 13.3. The van der Waals surface area contributed by atoms with Crippen LogP contribution in [-0.4, -0.2) is 5.78 Å². The Morgan fingerprint density at radius 1 is 0.895 bits per heavy atom. The van der Waals surface area contributed by atoms with Gasteiger partial charge in [0.25, 0.3) is 0 Å². The smallest absolute Gasteiger partial charge is 0.185 e. The third-order valence-corrected chi connectivity index (χ3v) is 3.39. The number of ketones is 1. The van der Waals surface area contributed by atoms with Crippen molar-refractivity contribution in [1.82, 2.24) is 0 Å². The fourth-order valence-corrected chi connectivity index (χ4v) is 1.93. The Bertz CT molecular complexity index is 636. The largest absolute Gasteiger partial charge is 0.289 e. The van der Waals surface area contributed by atoms with Gasteiger partial charge in [-0.15, -0.1) is 0 Å². The van der Waals surface area contributed by atoms with Gasteiger partial charge in [-0.25, -0.2) is 0 Å². The van der Waals surface area contributed by atoms with E-state index in [1.807, 2.05) is 69.3 Å². The minimum atomic E-state index is 0.0475. The van der Waals surface area contributed by atoms with Gasteiger partial charge in [0.05, 0.1) is 0 Å². The predicted molar refractivity (Wildman–Crippen MR) is 80.5 cm³/mol. The van der Waals surface area contributed by atoms with Gasteiger partial charge in [-0.3, -0.25) is 4.79 Å². The van der Waals surface area contributed by atoms with Crippen molar-refractivity contribution < 1.29 is 4.79 Å². The highest BCUT2D eigenvalue weighted by atomic mass is 16.1. The van der Waals surface area contributed by atoms with E-state index in [4.69, 9.17) is 0 Å². The van der Waals surface area contributed by atoms with Crippen LogP contribution in [0.5, 0.6) is 0 Å². The van der Waals surface area contributed by atoms with Crippen LogP contribution in [0, 0.1) is 20.8 Å². The van der Waals surface area contributed by atoms with Crippen molar-refractivity contribution in [3.8, 4) is 0 Å². The highest BCUT2D eigenvalue weighted by molar-refractivity contribution is 6.07. The summed E-state index contributed by atoms with van der Waals surface area (Å²) in [5.74, 6) is 0.0475. The molecule has 0 spiro atoms. The first-order chi connectivity index (χ1) is 9.08. The molecule has 2 aromatic carbocycles. The summed E-state index contributed by atoms with van der Waals surface area (Å²) in [7, 11) is 0. The molecule has 1 heteroatoms. The van der Waals surface area contributed by atoms with Gasteiger partial charge in [-0.05, 0) is 55.2 Å². The zero-order chi connectivity index (χ0) is 13.8. The first-order valence-corrected chi connectivity index (χ1v) is 6.43. The summed E-state index contributed by atoms with van der Waals surface area (Å²) in [5, 5.41) is 0. The standard InChI is InChI=1S/C18H18O/c1-13-8-9-17(12-15(13)3)18(19)11-10-16-7-5-4-6-14(16)2/h4-12H,1-3H3/b11-10+. The Balaban J connectivity index is 2.21. The van der Waals surface area contributed by atoms with Gasteiger partial charge in [-0.2, -0.15) is 0 Å². The average Bonchev–Trinajstić information content (AvgIpc) is 2.40. The van der Waals surface area contributed by atoms with Gasteiger partial charge >= 0.3 is 0 Å². The molecule has 0 amide bonds. The molecule has 19 heavy (non-hydrogen) atoms. The van der Waals surface area contributed by atoms with Crippen molar-refractivity contribution in [2.24, 2.45) is 0 Å². The van der Waals surface area contributed by atoms with Gasteiger partial charge in [0.2, 0.25) is 0 Å². The van der Waals surface area contributed by atoms with Crippen molar-refractivity contribution in [3.05, 3.63) is 76.4 Å². The van der Waals surface area contributed by atoms with Gasteiger partial charge in [0.1, 0.15) is 0 Å². The lowest BCUT2D eigenvalue weighted by Gasteiger charge is -2.02. The molecule has 0 bridgehead atoms. The number of benzene rings is 2. The van der Waals surface area contributed by atoms with Gasteiger partial charge in [0.15, 0.2) is 5.78 Å². The van der Waals surface area contributed by atoms with Crippen molar-refractivity contribution in [2.75, 3.05) is 0 Å². The fraction of sp³-hybridized carbons (Fsp3) is 0.167. The quantitative estimate of drug-likeness (QED) is 0.578. The maximum absolute atomic E-state index is 12.1. The summed E-state index contributed by atoms with van der Waals surface area (Å²) < 4.78 is 0. The van der Waals surface area contributed by atoms with E-state index in [2.05, 4.69) is 0 Å². The summed E-state index contributed by atoms with van der Waals surface area (Å²) in [6.45, 7) is 6.12. The minimum Gasteiger partial charge on any atom is -0.289 e. The van der Waals surface area contributed by atoms with E-state index in [-0.39, 0.29) is 5.78 Å². The lowest BCUT2D eigenvalue weighted by Crippen LogP contribution is -1.95. The van der Waals surface area contributed by atoms with Crippen molar-refractivity contribution in [3.63, 3.8) is 0 Å². The lowest BCUT2D eigenvalue weighted by atomic mass is 10.0. The molecule has 2 aromatic rings. The first-order valence-electron chi connectivity index (χ1n) is 6.43. The molecule has 0 heterocycles. The van der Waals surface area contributed by atoms with Gasteiger partial charge in [-0.1, -0.05) is 42.5 Å². The molecule has 0 aromatic heterocycles. The highest BCUT2D eigenvalue weighted by Crippen LogP contribution is 2.13. The molecule has 0 saturated heterocycles. The van der Waals surface area contributed by atoms with E-state index in [1.54, 1.807) is 6.08 Å². The van der Waals surface area contributed by atoms with Crippen molar-refractivity contribution in [2.45, 2.75) is 20.8 Å². The van der Waals surface area contributed by atoms with E-state index in [9.17, 15) is 4.79 Å². The van der Waals surface area contributed by atoms with Crippen molar-refractivity contribution in [1.29, 1.82) is 0 Å². The van der Waals surface area contributed by atoms with Crippen LogP contribution >= 0.6 is 0 Å². The van der Waals surface area contributed by atoms with Gasteiger partial charge in [0, 0.05) is 5.56 Å². The van der Waals surface area contributed by atoms with Crippen LogP contribution in [0.3, 0.4) is 0 Å². The van der Waals surface area contributed by atoms with E-state index >= 15 is 0 Å². The molecule has 1 nitrogen and oxygen atoms in total. The molecule has 0 atom stereocenters. The fourth-order valence-electron chi connectivity index (χ4n) is 1.93. The van der Waals surface area contributed by atoms with Crippen LogP contribution in [-0.2, 0) is 0 Å². The minimum absolute atomic E-state index is 0.0475. The summed E-state index contributed by atoms with van der Waals surface area (Å²) in [6, 6.07) is 13.8. The van der Waals surface area contributed by atoms with E-state index in [0.29, 0.717) is 0 Å². The third kappa shape index (κ3) is 3.19. The SMILES string of the molecule is Cc1ccc(C(=O)/C=C/c2ccccc2C)cc1C. The highest BCUT2D eigenvalue weighted by Gasteiger charge is 2.03. The Hall–Kier alpha value is -2.15. The predicted octanol–water partition coefficient (Wildman–Crippen LogP) is 4.51. The number of carbonyl (C=O) groups excluding carboxylic acids is 1. The maximum Gasteiger partial charge on any atom is 0.185 e. The summed E-state index contributed by atoms with van der Waals surface area (Å²) in [4.78, 5) is 12.1. The third-order valence-electron chi connectivity index (χ3n) is 3.39. The maximum atomic E-state index is 12.1. The Morgan fingerprint density at radius 3 is 2.32 bits per heavy atom. The molecule has 0 N–H and O–H groups in total. The monoisotopic (exact) mass is 250 g/mol. The van der Waals surface area contributed by atoms with Crippen LogP contribution < -0.4 is 0 Å². The van der Waals surface area contributed by atoms with E-state index in [0.717, 1.165) is 16.7 Å². The number of aryl methyl sites for hydroxylation is 3. The van der Waals surface area contributed by atoms with Crippen LogP contribution in [0.15, 0.2) is 48.5 Å². The lowest BCUT2D eigenvalue weighted by molar-refractivity contribution is 0.104. The second-order valence-corrected chi connectivity index (χ2v) is 4.85. The topological polar surface area (TPSA) is 17.1 Å². The Kier molecular flexibility index (Phi) is 3.96. The zero-order valence-electron chi connectivity index (χ0n) is 11.6. The van der Waals surface area contributed by atoms with Crippen LogP contribution in [0.2, 0.25) is 0 Å². The molecule has 96 valence electrons. The normalized spacial score (nSPS) is 10.9. The molecule has 0 aliphatic heterocycles. The number of hydrogen-bond donors (Lipinski definition) is 0. The Labute approximate surface area is 114 Å². The van der Waals surface area contributed by atoms with Crippen molar-refractivity contribution >= 4 is 11.9 Å². The number of allylic oxidation sites excluding steroid dienone is 1. The van der Waals surface area contributed by atoms with E-state index in [1.165, 1.54) is 11.1 Å². The molecular weight excluding hydrogens is 232 g/mol. The van der Waals surface area contributed by atoms with Crippen LogP contribution in [0.4, 0.5) is 0 Å². The number of rotatable bonds is 3. The molecule has 0 saturated carbocycles. The van der Waals surface area contributed by atoms with Gasteiger partial charge < -0.3 is 0 Å². The molecule has 2 rings (SSSR count). The number of hydrogen-bond acceptors (Lipinski definition) is 1. The average molecular weight is 250 g/mol. The molecular formula is C18H18O. The molecule has 0 fully saturated rings. The molecule has 0 aliphatic rings. The zero-order valence-corrected chi connectivity index (χ0v) is 11.6. The molecule has 0 aliphatic carbocycles. The number of carbonyl (C=O) groups is 1. The summed E-state index contributed by atoms with van der Waals surface area (Å²) in [5.41, 5.74) is 5.36.